The first-order chi connectivity index (χ1) is 8.63. The number of nitrogen functional groups attached to an aromatic ring is 1. The highest BCUT2D eigenvalue weighted by Gasteiger charge is 2.20. The van der Waals surface area contributed by atoms with Crippen molar-refractivity contribution in [3.8, 4) is 5.69 Å². The maximum atomic E-state index is 11.5. The van der Waals surface area contributed by atoms with Gasteiger partial charge in [0.2, 0.25) is 0 Å². The summed E-state index contributed by atoms with van der Waals surface area (Å²) in [6.07, 6.45) is 1.73. The van der Waals surface area contributed by atoms with Crippen molar-refractivity contribution in [1.29, 1.82) is 0 Å². The van der Waals surface area contributed by atoms with Gasteiger partial charge < -0.3 is 16.0 Å². The molecule has 0 aliphatic rings. The number of aromatic nitrogens is 1. The quantitative estimate of drug-likeness (QED) is 0.630. The molecule has 0 spiro atoms. The Bertz CT molecular complexity index is 823. The van der Waals surface area contributed by atoms with Gasteiger partial charge in [0.25, 0.3) is 10.9 Å². The first-order valence-corrected chi connectivity index (χ1v) is 5.52. The predicted molar refractivity (Wildman–Crippen MR) is 70.5 cm³/mol. The highest BCUT2D eigenvalue weighted by atomic mass is 16.2. The lowest BCUT2D eigenvalue weighted by Gasteiger charge is -2.10. The summed E-state index contributed by atoms with van der Waals surface area (Å²) in [7, 11) is 0. The van der Waals surface area contributed by atoms with Crippen molar-refractivity contribution in [3.05, 3.63) is 56.5 Å². The maximum absolute atomic E-state index is 11.5. The van der Waals surface area contributed by atoms with Crippen LogP contribution >= 0.6 is 0 Å². The zero-order valence-electron chi connectivity index (χ0n) is 9.51. The summed E-state index contributed by atoms with van der Waals surface area (Å²) >= 11 is 0. The second-order valence-corrected chi connectivity index (χ2v) is 4.20. The van der Waals surface area contributed by atoms with Crippen molar-refractivity contribution in [2.24, 2.45) is 5.73 Å². The molecule has 5 nitrogen and oxygen atoms in total. The van der Waals surface area contributed by atoms with Crippen LogP contribution in [0.2, 0.25) is 0 Å². The van der Waals surface area contributed by atoms with Crippen molar-refractivity contribution >= 4 is 16.6 Å². The molecule has 0 aliphatic carbocycles. The van der Waals surface area contributed by atoms with Crippen LogP contribution in [0.3, 0.4) is 0 Å². The van der Waals surface area contributed by atoms with Gasteiger partial charge in [-0.1, -0.05) is 12.1 Å². The summed E-state index contributed by atoms with van der Waals surface area (Å²) in [5.74, 6) is 0. The van der Waals surface area contributed by atoms with E-state index < -0.39 is 10.9 Å². The van der Waals surface area contributed by atoms with E-state index in [1.165, 1.54) is 0 Å². The summed E-state index contributed by atoms with van der Waals surface area (Å²) in [6.45, 7) is 0.419. The molecule has 3 aromatic rings. The summed E-state index contributed by atoms with van der Waals surface area (Å²) in [5.41, 5.74) is 12.1. The standard InChI is InChI=1S/C13H11N3O2/c14-6-7-1-2-8-3-4-16(9(8)5-7)11-10(15)12(17)13(11)18/h1-5H,6,14-15H2. The number of nitrogens with two attached hydrogens (primary N) is 2. The number of benzene rings is 1. The molecule has 0 bridgehead atoms. The van der Waals surface area contributed by atoms with Gasteiger partial charge in [-0.3, -0.25) is 9.59 Å². The van der Waals surface area contributed by atoms with Crippen LogP contribution in [0.4, 0.5) is 5.69 Å². The second kappa shape index (κ2) is 3.54. The Morgan fingerprint density at radius 3 is 2.56 bits per heavy atom. The van der Waals surface area contributed by atoms with Gasteiger partial charge in [-0.15, -0.1) is 0 Å². The Labute approximate surface area is 102 Å². The van der Waals surface area contributed by atoms with E-state index in [1.54, 1.807) is 10.8 Å². The minimum Gasteiger partial charge on any atom is -0.394 e. The van der Waals surface area contributed by atoms with E-state index >= 15 is 0 Å². The fourth-order valence-electron chi connectivity index (χ4n) is 2.13. The van der Waals surface area contributed by atoms with Crippen LogP contribution in [0, 0.1) is 0 Å². The smallest absolute Gasteiger partial charge is 0.254 e. The van der Waals surface area contributed by atoms with Crippen LogP contribution in [0.5, 0.6) is 0 Å². The topological polar surface area (TPSA) is 91.1 Å². The van der Waals surface area contributed by atoms with Crippen LogP contribution in [-0.2, 0) is 6.54 Å². The average Bonchev–Trinajstić information content (AvgIpc) is 2.81. The minimum absolute atomic E-state index is 0.0238. The fraction of sp³-hybridized carbons (Fsp3) is 0.0769. The molecular formula is C13H11N3O2. The van der Waals surface area contributed by atoms with Gasteiger partial charge in [-0.2, -0.15) is 0 Å². The number of hydrogen-bond acceptors (Lipinski definition) is 4. The number of anilines is 1. The summed E-state index contributed by atoms with van der Waals surface area (Å²) in [6, 6.07) is 7.62. The molecule has 3 rings (SSSR count). The molecule has 0 amide bonds. The molecule has 5 heteroatoms. The van der Waals surface area contributed by atoms with Crippen LogP contribution in [0.25, 0.3) is 16.6 Å². The molecule has 0 atom stereocenters. The van der Waals surface area contributed by atoms with E-state index in [0.717, 1.165) is 16.5 Å². The van der Waals surface area contributed by atoms with Crippen molar-refractivity contribution < 1.29 is 0 Å². The fourth-order valence-corrected chi connectivity index (χ4v) is 2.13. The van der Waals surface area contributed by atoms with Gasteiger partial charge in [-0.25, -0.2) is 0 Å². The maximum Gasteiger partial charge on any atom is 0.254 e. The third kappa shape index (κ3) is 1.25. The number of nitrogens with zero attached hydrogens (tertiary/aromatic N) is 1. The summed E-state index contributed by atoms with van der Waals surface area (Å²) < 4.78 is 1.65. The Kier molecular flexibility index (Phi) is 2.11. The lowest BCUT2D eigenvalue weighted by Crippen LogP contribution is -2.38. The normalized spacial score (nSPS) is 11.4. The van der Waals surface area contributed by atoms with Crippen molar-refractivity contribution in [3.63, 3.8) is 0 Å². The monoisotopic (exact) mass is 241 g/mol. The summed E-state index contributed by atoms with van der Waals surface area (Å²) in [4.78, 5) is 22.7. The summed E-state index contributed by atoms with van der Waals surface area (Å²) in [5, 5.41) is 0.972. The zero-order valence-corrected chi connectivity index (χ0v) is 9.51. The molecule has 90 valence electrons. The zero-order chi connectivity index (χ0) is 12.9. The number of fused-ring (bicyclic) bond motifs is 1. The molecule has 1 aromatic heterocycles. The first-order valence-electron chi connectivity index (χ1n) is 5.52. The van der Waals surface area contributed by atoms with E-state index in [4.69, 9.17) is 11.5 Å². The van der Waals surface area contributed by atoms with Gasteiger partial charge in [0.1, 0.15) is 11.4 Å². The average molecular weight is 241 g/mol. The van der Waals surface area contributed by atoms with E-state index in [2.05, 4.69) is 0 Å². The third-order valence-corrected chi connectivity index (χ3v) is 3.16. The van der Waals surface area contributed by atoms with E-state index in [1.807, 2.05) is 24.3 Å². The highest BCUT2D eigenvalue weighted by molar-refractivity contribution is 5.84. The predicted octanol–water partition coefficient (Wildman–Crippen LogP) is 0.267. The Hall–Kier alpha value is -2.40. The highest BCUT2D eigenvalue weighted by Crippen LogP contribution is 2.22. The second-order valence-electron chi connectivity index (χ2n) is 4.20. The van der Waals surface area contributed by atoms with Gasteiger partial charge >= 0.3 is 0 Å². The molecule has 4 N–H and O–H groups in total. The van der Waals surface area contributed by atoms with Crippen molar-refractivity contribution in [2.75, 3.05) is 5.73 Å². The Morgan fingerprint density at radius 2 is 1.89 bits per heavy atom. The van der Waals surface area contributed by atoms with Gasteiger partial charge in [0.15, 0.2) is 0 Å². The molecular weight excluding hydrogens is 230 g/mol. The van der Waals surface area contributed by atoms with Crippen LogP contribution < -0.4 is 22.3 Å². The molecule has 0 radical (unpaired) electrons. The van der Waals surface area contributed by atoms with Gasteiger partial charge in [0, 0.05) is 12.7 Å². The molecule has 18 heavy (non-hydrogen) atoms. The van der Waals surface area contributed by atoms with Gasteiger partial charge in [0.05, 0.1) is 5.52 Å². The molecule has 0 saturated carbocycles. The van der Waals surface area contributed by atoms with Crippen LogP contribution in [0.1, 0.15) is 5.56 Å². The van der Waals surface area contributed by atoms with E-state index in [0.29, 0.717) is 6.54 Å². The van der Waals surface area contributed by atoms with E-state index in [-0.39, 0.29) is 11.4 Å². The minimum atomic E-state index is -0.609. The molecule has 0 unspecified atom stereocenters. The molecule has 2 aromatic carbocycles. The molecule has 0 aliphatic heterocycles. The lowest BCUT2D eigenvalue weighted by atomic mass is 10.1. The molecule has 0 saturated heterocycles. The van der Waals surface area contributed by atoms with Gasteiger partial charge in [-0.05, 0) is 23.1 Å². The Balaban J connectivity index is 2.31. The SMILES string of the molecule is NCc1ccc2ccn(-c3c(N)c(=O)c3=O)c2c1. The molecule has 1 heterocycles. The van der Waals surface area contributed by atoms with Crippen LogP contribution in [0.15, 0.2) is 40.1 Å². The van der Waals surface area contributed by atoms with E-state index in [9.17, 15) is 9.59 Å². The molecule has 0 fully saturated rings. The van der Waals surface area contributed by atoms with Crippen LogP contribution in [-0.4, -0.2) is 4.57 Å². The largest absolute Gasteiger partial charge is 0.394 e. The Morgan fingerprint density at radius 1 is 1.11 bits per heavy atom. The lowest BCUT2D eigenvalue weighted by molar-refractivity contribution is 1.06. The van der Waals surface area contributed by atoms with Crippen molar-refractivity contribution in [2.45, 2.75) is 6.54 Å². The number of rotatable bonds is 2. The third-order valence-electron chi connectivity index (χ3n) is 3.16. The van der Waals surface area contributed by atoms with Crippen molar-refractivity contribution in [1.82, 2.24) is 4.57 Å². The first kappa shape index (κ1) is 10.7. The number of hydrogen-bond donors (Lipinski definition) is 2.